The number of carbonyl (C=O) groups is 5. The summed E-state index contributed by atoms with van der Waals surface area (Å²) in [5.41, 5.74) is 0.0980. The average Bonchev–Trinajstić information content (AvgIpc) is 2.98. The van der Waals surface area contributed by atoms with E-state index >= 15 is 0 Å². The van der Waals surface area contributed by atoms with Crippen LogP contribution in [0.1, 0.15) is 40.5 Å². The van der Waals surface area contributed by atoms with E-state index in [2.05, 4.69) is 0 Å². The van der Waals surface area contributed by atoms with Gasteiger partial charge in [0.15, 0.2) is 18.3 Å². The van der Waals surface area contributed by atoms with Gasteiger partial charge < -0.3 is 33.2 Å². The fraction of sp³-hybridized carbons (Fsp3) is 0.357. The Bertz CT molecular complexity index is 1330. The van der Waals surface area contributed by atoms with Gasteiger partial charge in [-0.05, 0) is 31.2 Å². The molecule has 1 fully saturated rings. The highest BCUT2D eigenvalue weighted by Crippen LogP contribution is 2.34. The third-order valence-corrected chi connectivity index (χ3v) is 6.39. The number of ether oxygens (including phenoxy) is 6. The van der Waals surface area contributed by atoms with Crippen molar-refractivity contribution in [3.05, 3.63) is 71.8 Å². The molecule has 0 spiro atoms. The Labute approximate surface area is 260 Å². The Hall–Kier alpha value is -3.71. The summed E-state index contributed by atoms with van der Waals surface area (Å²) >= 11 is 17.3. The van der Waals surface area contributed by atoms with E-state index in [0.717, 1.165) is 7.11 Å². The molecule has 0 saturated carbocycles. The predicted molar refractivity (Wildman–Crippen MR) is 151 cm³/mol. The minimum Gasteiger partial charge on any atom is -0.467 e. The van der Waals surface area contributed by atoms with E-state index in [1.807, 2.05) is 0 Å². The Morgan fingerprint density at radius 2 is 1.28 bits per heavy atom. The normalized spacial score (nSPS) is 21.6. The highest BCUT2D eigenvalue weighted by Gasteiger charge is 2.57. The van der Waals surface area contributed by atoms with Crippen LogP contribution in [0.2, 0.25) is 0 Å². The van der Waals surface area contributed by atoms with Crippen molar-refractivity contribution in [2.75, 3.05) is 7.11 Å². The summed E-state index contributed by atoms with van der Waals surface area (Å²) in [5, 5.41) is 8.05. The van der Waals surface area contributed by atoms with E-state index in [4.69, 9.17) is 68.6 Å². The topological polar surface area (TPSA) is 165 Å². The summed E-state index contributed by atoms with van der Waals surface area (Å²) in [6.45, 7) is 1.26. The zero-order chi connectivity index (χ0) is 31.7. The van der Waals surface area contributed by atoms with E-state index in [0.29, 0.717) is 0 Å². The molecule has 230 valence electrons. The minimum absolute atomic E-state index is 0.0462. The van der Waals surface area contributed by atoms with Gasteiger partial charge in [-0.2, -0.15) is 0 Å². The maximum absolute atomic E-state index is 13.2. The lowest BCUT2D eigenvalue weighted by molar-refractivity contribution is -0.278. The summed E-state index contributed by atoms with van der Waals surface area (Å²) in [6, 6.07) is 15.2. The van der Waals surface area contributed by atoms with Crippen molar-refractivity contribution >= 4 is 70.4 Å². The molecule has 2 aromatic rings. The second kappa shape index (κ2) is 15.1. The first-order valence-corrected chi connectivity index (χ1v) is 13.7. The molecule has 1 aliphatic rings. The molecule has 0 aliphatic carbocycles. The molecule has 43 heavy (non-hydrogen) atoms. The second-order valence-electron chi connectivity index (χ2n) is 9.02. The first-order valence-electron chi connectivity index (χ1n) is 12.6. The summed E-state index contributed by atoms with van der Waals surface area (Å²) in [7, 11) is 1.01. The number of halogens is 3. The van der Waals surface area contributed by atoms with Crippen molar-refractivity contribution in [3.63, 3.8) is 0 Å². The fourth-order valence-electron chi connectivity index (χ4n) is 3.80. The minimum atomic E-state index is -2.43. The van der Waals surface area contributed by atoms with Gasteiger partial charge in [0.1, 0.15) is 5.78 Å². The van der Waals surface area contributed by atoms with Gasteiger partial charge in [-0.3, -0.25) is 10.2 Å². The number of nitrogens with one attached hydrogen (secondary N) is 1. The number of hydrogen-bond donors (Lipinski definition) is 1. The Balaban J connectivity index is 2.11. The number of carbonyl (C=O) groups excluding carboxylic acids is 5. The molecule has 0 bridgehead atoms. The maximum atomic E-state index is 13.2. The molecule has 1 heterocycles. The first-order chi connectivity index (χ1) is 20.3. The molecule has 1 aliphatic heterocycles. The van der Waals surface area contributed by atoms with E-state index in [-0.39, 0.29) is 23.3 Å². The standard InChI is InChI=1S/C28H26Cl3NO11/c1-15(33)13-14-18(34)39-19-20(40-23(35)16-9-5-3-6-10-16)22(41-24(36)17-11-7-4-8-12-17)26(42-21(19)25(37)38-2)43-27(32)28(29,30)31/h3-12,19-22,26,32H,13-14H2,1-2H3/t19-,20-,21-,22+,26+/m0/s1. The van der Waals surface area contributed by atoms with Gasteiger partial charge in [0.2, 0.25) is 18.3 Å². The number of ketones is 1. The van der Waals surface area contributed by atoms with E-state index in [1.54, 1.807) is 36.4 Å². The van der Waals surface area contributed by atoms with Crippen LogP contribution in [-0.4, -0.2) is 77.2 Å². The molecular weight excluding hydrogens is 633 g/mol. The molecule has 1 N–H and O–H groups in total. The van der Waals surface area contributed by atoms with Crippen molar-refractivity contribution < 1.29 is 52.4 Å². The monoisotopic (exact) mass is 657 g/mol. The molecule has 2 aromatic carbocycles. The number of hydrogen-bond acceptors (Lipinski definition) is 12. The average molecular weight is 659 g/mol. The molecular formula is C28H26Cl3NO11. The molecule has 0 unspecified atom stereocenters. The van der Waals surface area contributed by atoms with Crippen LogP contribution in [0.5, 0.6) is 0 Å². The summed E-state index contributed by atoms with van der Waals surface area (Å²) in [4.78, 5) is 63.5. The lowest BCUT2D eigenvalue weighted by Crippen LogP contribution is -2.64. The second-order valence-corrected chi connectivity index (χ2v) is 11.3. The number of alkyl halides is 3. The van der Waals surface area contributed by atoms with Crippen molar-refractivity contribution in [3.8, 4) is 0 Å². The van der Waals surface area contributed by atoms with Crippen molar-refractivity contribution in [2.45, 2.75) is 54.3 Å². The molecule has 0 radical (unpaired) electrons. The van der Waals surface area contributed by atoms with Gasteiger partial charge in [-0.1, -0.05) is 71.2 Å². The number of benzene rings is 2. The highest BCUT2D eigenvalue weighted by molar-refractivity contribution is 6.76. The molecule has 0 amide bonds. The number of methoxy groups -OCH3 is 1. The van der Waals surface area contributed by atoms with Crippen molar-refractivity contribution in [2.24, 2.45) is 0 Å². The van der Waals surface area contributed by atoms with Gasteiger partial charge in [0.25, 0.3) is 3.79 Å². The molecule has 0 aromatic heterocycles. The summed E-state index contributed by atoms with van der Waals surface area (Å²) in [5.74, 6) is -5.36. The number of rotatable bonds is 10. The Kier molecular flexibility index (Phi) is 11.9. The summed E-state index contributed by atoms with van der Waals surface area (Å²) < 4.78 is 30.3. The zero-order valence-corrected chi connectivity index (χ0v) is 25.0. The molecule has 5 atom stereocenters. The lowest BCUT2D eigenvalue weighted by atomic mass is 9.97. The first kappa shape index (κ1) is 33.8. The van der Waals surface area contributed by atoms with Crippen molar-refractivity contribution in [1.82, 2.24) is 0 Å². The van der Waals surface area contributed by atoms with Gasteiger partial charge in [0.05, 0.1) is 24.7 Å². The predicted octanol–water partition coefficient (Wildman–Crippen LogP) is 3.98. The molecule has 15 heteroatoms. The largest absolute Gasteiger partial charge is 0.467 e. The Morgan fingerprint density at radius 3 is 1.74 bits per heavy atom. The van der Waals surface area contributed by atoms with E-state index in [1.165, 1.54) is 31.2 Å². The van der Waals surface area contributed by atoms with Crippen molar-refractivity contribution in [1.29, 1.82) is 5.41 Å². The molecule has 12 nitrogen and oxygen atoms in total. The van der Waals surface area contributed by atoms with Crippen LogP contribution in [0.4, 0.5) is 0 Å². The highest BCUT2D eigenvalue weighted by atomic mass is 35.6. The van der Waals surface area contributed by atoms with Gasteiger partial charge >= 0.3 is 23.9 Å². The summed E-state index contributed by atoms with van der Waals surface area (Å²) in [6.07, 6.45) is -9.81. The van der Waals surface area contributed by atoms with Crippen LogP contribution in [0.25, 0.3) is 0 Å². The SMILES string of the molecule is COC(=O)[C@H]1O[C@H](OC(=N)C(Cl)(Cl)Cl)[C@H](OC(=O)c2ccccc2)[C@@H](OC(=O)c2ccccc2)[C@@H]1OC(=O)CCC(C)=O. The number of Topliss-reactive ketones (excluding diaryl/α,β-unsaturated/α-hetero) is 1. The quantitative estimate of drug-likeness (QED) is 0.129. The fourth-order valence-corrected chi connectivity index (χ4v) is 3.94. The zero-order valence-electron chi connectivity index (χ0n) is 22.7. The molecule has 1 saturated heterocycles. The van der Waals surface area contributed by atoms with Crippen LogP contribution < -0.4 is 0 Å². The van der Waals surface area contributed by atoms with Crippen LogP contribution in [0.3, 0.4) is 0 Å². The van der Waals surface area contributed by atoms with Gasteiger partial charge in [0, 0.05) is 6.42 Å². The van der Waals surface area contributed by atoms with Gasteiger partial charge in [-0.15, -0.1) is 0 Å². The maximum Gasteiger partial charge on any atom is 0.339 e. The van der Waals surface area contributed by atoms with Gasteiger partial charge in [-0.25, -0.2) is 14.4 Å². The van der Waals surface area contributed by atoms with E-state index in [9.17, 15) is 24.0 Å². The third kappa shape index (κ3) is 9.39. The van der Waals surface area contributed by atoms with Crippen LogP contribution in [-0.2, 0) is 42.8 Å². The third-order valence-electron chi connectivity index (χ3n) is 5.87. The van der Waals surface area contributed by atoms with Crippen LogP contribution in [0.15, 0.2) is 60.7 Å². The van der Waals surface area contributed by atoms with Crippen LogP contribution in [0, 0.1) is 5.41 Å². The lowest BCUT2D eigenvalue weighted by Gasteiger charge is -2.43. The van der Waals surface area contributed by atoms with Crippen LogP contribution >= 0.6 is 34.8 Å². The Morgan fingerprint density at radius 1 is 0.767 bits per heavy atom. The number of esters is 4. The van der Waals surface area contributed by atoms with E-state index < -0.39 is 70.7 Å². The molecule has 3 rings (SSSR count). The smallest absolute Gasteiger partial charge is 0.339 e.